The molecule has 0 spiro atoms. The minimum Gasteiger partial charge on any atom is -0.468 e. The smallest absolute Gasteiger partial charge is 0.327 e. The van der Waals surface area contributed by atoms with Gasteiger partial charge in [0.05, 0.1) is 18.6 Å². The van der Waals surface area contributed by atoms with Crippen molar-refractivity contribution in [1.29, 1.82) is 0 Å². The zero-order chi connectivity index (χ0) is 15.6. The number of likely N-dealkylation sites (N-methyl/N-ethyl adjacent to an activating group) is 1. The van der Waals surface area contributed by atoms with Crippen LogP contribution in [0.2, 0.25) is 0 Å². The Morgan fingerprint density at radius 2 is 2.10 bits per heavy atom. The average molecular weight is 306 g/mol. The molecule has 0 saturated carbocycles. The second kappa shape index (κ2) is 6.41. The van der Waals surface area contributed by atoms with Crippen molar-refractivity contribution >= 4 is 15.8 Å². The van der Waals surface area contributed by atoms with Crippen LogP contribution in [0, 0.1) is 0 Å². The molecular weight excluding hydrogens is 280 g/mol. The number of nitrogens with one attached hydrogen (secondary N) is 1. The van der Waals surface area contributed by atoms with E-state index in [2.05, 4.69) is 5.32 Å². The van der Waals surface area contributed by atoms with E-state index in [4.69, 9.17) is 4.74 Å². The average Bonchev–Trinajstić information content (AvgIpc) is 2.67. The molecule has 2 unspecified atom stereocenters. The second-order valence-electron chi connectivity index (χ2n) is 6.09. The molecule has 7 heteroatoms. The van der Waals surface area contributed by atoms with Crippen molar-refractivity contribution in [2.24, 2.45) is 0 Å². The molecule has 6 nitrogen and oxygen atoms in total. The Morgan fingerprint density at radius 1 is 1.50 bits per heavy atom. The summed E-state index contributed by atoms with van der Waals surface area (Å²) < 4.78 is 28.0. The van der Waals surface area contributed by atoms with Crippen LogP contribution in [-0.4, -0.2) is 69.1 Å². The Bertz CT molecular complexity index is 449. The summed E-state index contributed by atoms with van der Waals surface area (Å²) in [5.41, 5.74) is -0.843. The van der Waals surface area contributed by atoms with Crippen LogP contribution < -0.4 is 5.32 Å². The topological polar surface area (TPSA) is 75.7 Å². The predicted molar refractivity (Wildman–Crippen MR) is 78.4 cm³/mol. The summed E-state index contributed by atoms with van der Waals surface area (Å²) in [7, 11) is 0.296. The van der Waals surface area contributed by atoms with E-state index < -0.39 is 15.4 Å². The Labute approximate surface area is 121 Å². The summed E-state index contributed by atoms with van der Waals surface area (Å²) in [6, 6.07) is 0.0951. The molecule has 0 aromatic heterocycles. The molecule has 20 heavy (non-hydrogen) atoms. The van der Waals surface area contributed by atoms with Crippen molar-refractivity contribution in [3.63, 3.8) is 0 Å². The maximum atomic E-state index is 12.0. The van der Waals surface area contributed by atoms with Gasteiger partial charge in [-0.3, -0.25) is 15.0 Å². The molecule has 0 aromatic carbocycles. The lowest BCUT2D eigenvalue weighted by molar-refractivity contribution is -0.149. The molecule has 2 atom stereocenters. The highest BCUT2D eigenvalue weighted by atomic mass is 32.2. The highest BCUT2D eigenvalue weighted by Crippen LogP contribution is 2.19. The number of carbonyl (C=O) groups excluding carboxylic acids is 1. The number of sulfone groups is 1. The molecule has 1 N–H and O–H groups in total. The summed E-state index contributed by atoms with van der Waals surface area (Å²) in [4.78, 5) is 14.0. The van der Waals surface area contributed by atoms with Gasteiger partial charge in [-0.15, -0.1) is 0 Å². The molecule has 0 amide bonds. The largest absolute Gasteiger partial charge is 0.468 e. The minimum atomic E-state index is -2.92. The third kappa shape index (κ3) is 4.43. The zero-order valence-electron chi connectivity index (χ0n) is 13.0. The normalized spacial score (nSPS) is 24.9. The molecule has 1 fully saturated rings. The number of nitrogens with zero attached hydrogens (tertiary/aromatic N) is 1. The van der Waals surface area contributed by atoms with Gasteiger partial charge in [-0.05, 0) is 34.2 Å². The lowest BCUT2D eigenvalue weighted by Gasteiger charge is -2.36. The third-order valence-electron chi connectivity index (χ3n) is 3.64. The van der Waals surface area contributed by atoms with Crippen LogP contribution in [0.5, 0.6) is 0 Å². The van der Waals surface area contributed by atoms with E-state index in [1.807, 2.05) is 25.8 Å². The fourth-order valence-corrected chi connectivity index (χ4v) is 4.59. The van der Waals surface area contributed by atoms with Gasteiger partial charge in [-0.2, -0.15) is 0 Å². The SMILES string of the molecule is COC(=O)C(C)(CN(C)C1CCS(=O)(=O)C1)NC(C)C. The summed E-state index contributed by atoms with van der Waals surface area (Å²) in [6.45, 7) is 6.12. The fraction of sp³-hybridized carbons (Fsp3) is 0.923. The lowest BCUT2D eigenvalue weighted by atomic mass is 9.99. The summed E-state index contributed by atoms with van der Waals surface area (Å²) in [6.07, 6.45) is 0.623. The molecule has 1 aliphatic heterocycles. The van der Waals surface area contributed by atoms with Gasteiger partial charge in [0.15, 0.2) is 9.84 Å². The first-order chi connectivity index (χ1) is 9.09. The number of rotatable bonds is 6. The zero-order valence-corrected chi connectivity index (χ0v) is 13.8. The van der Waals surface area contributed by atoms with Gasteiger partial charge in [0, 0.05) is 18.6 Å². The summed E-state index contributed by atoms with van der Waals surface area (Å²) >= 11 is 0. The number of esters is 1. The monoisotopic (exact) mass is 306 g/mol. The molecule has 1 rings (SSSR count). The summed E-state index contributed by atoms with van der Waals surface area (Å²) in [5, 5.41) is 3.22. The maximum Gasteiger partial charge on any atom is 0.327 e. The molecule has 0 radical (unpaired) electrons. The molecule has 118 valence electrons. The van der Waals surface area contributed by atoms with Crippen molar-refractivity contribution < 1.29 is 17.9 Å². The number of hydrogen-bond acceptors (Lipinski definition) is 6. The highest BCUT2D eigenvalue weighted by molar-refractivity contribution is 7.91. The number of ether oxygens (including phenoxy) is 1. The molecule has 1 saturated heterocycles. The standard InChI is InChI=1S/C13H26N2O4S/c1-10(2)14-13(3,12(16)19-5)9-15(4)11-6-7-20(17,18)8-11/h10-11,14H,6-9H2,1-5H3. The minimum absolute atomic E-state index is 0.0297. The first-order valence-corrected chi connectivity index (χ1v) is 8.68. The van der Waals surface area contributed by atoms with Gasteiger partial charge in [0.1, 0.15) is 5.54 Å². The Kier molecular flexibility index (Phi) is 5.57. The molecule has 0 aliphatic carbocycles. The van der Waals surface area contributed by atoms with Gasteiger partial charge in [0.25, 0.3) is 0 Å². The molecule has 0 bridgehead atoms. The Morgan fingerprint density at radius 3 is 2.50 bits per heavy atom. The van der Waals surface area contributed by atoms with E-state index in [0.717, 1.165) is 0 Å². The molecular formula is C13H26N2O4S. The van der Waals surface area contributed by atoms with Crippen molar-refractivity contribution in [2.75, 3.05) is 32.2 Å². The number of carbonyl (C=O) groups is 1. The van der Waals surface area contributed by atoms with Crippen LogP contribution in [-0.2, 0) is 19.4 Å². The van der Waals surface area contributed by atoms with Crippen LogP contribution in [0.25, 0.3) is 0 Å². The van der Waals surface area contributed by atoms with E-state index in [-0.39, 0.29) is 29.6 Å². The molecule has 1 heterocycles. The number of methoxy groups -OCH3 is 1. The van der Waals surface area contributed by atoms with Crippen molar-refractivity contribution in [3.05, 3.63) is 0 Å². The predicted octanol–water partition coefficient (Wildman–Crippen LogP) is 0.0350. The quantitative estimate of drug-likeness (QED) is 0.698. The molecule has 1 aliphatic rings. The Balaban J connectivity index is 2.77. The van der Waals surface area contributed by atoms with Gasteiger partial charge >= 0.3 is 5.97 Å². The summed E-state index contributed by atoms with van der Waals surface area (Å²) in [5.74, 6) is 0.0654. The van der Waals surface area contributed by atoms with Crippen molar-refractivity contribution in [2.45, 2.75) is 44.8 Å². The van der Waals surface area contributed by atoms with Gasteiger partial charge in [0.2, 0.25) is 0 Å². The maximum absolute atomic E-state index is 12.0. The van der Waals surface area contributed by atoms with E-state index >= 15 is 0 Å². The second-order valence-corrected chi connectivity index (χ2v) is 8.32. The van der Waals surface area contributed by atoms with Crippen LogP contribution in [0.15, 0.2) is 0 Å². The van der Waals surface area contributed by atoms with Gasteiger partial charge in [-0.1, -0.05) is 0 Å². The van der Waals surface area contributed by atoms with Crippen molar-refractivity contribution in [1.82, 2.24) is 10.2 Å². The highest BCUT2D eigenvalue weighted by Gasteiger charge is 2.39. The fourth-order valence-electron chi connectivity index (χ4n) is 2.78. The van der Waals surface area contributed by atoms with Crippen LogP contribution >= 0.6 is 0 Å². The van der Waals surface area contributed by atoms with E-state index in [0.29, 0.717) is 13.0 Å². The van der Waals surface area contributed by atoms with Crippen molar-refractivity contribution in [3.8, 4) is 0 Å². The third-order valence-corrected chi connectivity index (χ3v) is 5.39. The lowest BCUT2D eigenvalue weighted by Crippen LogP contribution is -2.60. The van der Waals surface area contributed by atoms with E-state index in [9.17, 15) is 13.2 Å². The van der Waals surface area contributed by atoms with E-state index in [1.54, 1.807) is 6.92 Å². The molecule has 0 aromatic rings. The Hall–Kier alpha value is -0.660. The first kappa shape index (κ1) is 17.4. The van der Waals surface area contributed by atoms with Crippen LogP contribution in [0.3, 0.4) is 0 Å². The van der Waals surface area contributed by atoms with E-state index in [1.165, 1.54) is 7.11 Å². The van der Waals surface area contributed by atoms with Crippen LogP contribution in [0.4, 0.5) is 0 Å². The van der Waals surface area contributed by atoms with Crippen LogP contribution in [0.1, 0.15) is 27.2 Å². The van der Waals surface area contributed by atoms with Gasteiger partial charge in [-0.25, -0.2) is 8.42 Å². The van der Waals surface area contributed by atoms with Gasteiger partial charge < -0.3 is 4.74 Å². The first-order valence-electron chi connectivity index (χ1n) is 6.86. The number of hydrogen-bond donors (Lipinski definition) is 1.